The summed E-state index contributed by atoms with van der Waals surface area (Å²) in [6.07, 6.45) is 1.65. The van der Waals surface area contributed by atoms with E-state index in [1.165, 1.54) is 6.20 Å². The number of carbonyl (C=O) groups is 2. The van der Waals surface area contributed by atoms with Crippen molar-refractivity contribution in [2.45, 2.75) is 18.9 Å². The number of amides is 1. The van der Waals surface area contributed by atoms with Gasteiger partial charge < -0.3 is 15.2 Å². The summed E-state index contributed by atoms with van der Waals surface area (Å²) >= 11 is 0. The van der Waals surface area contributed by atoms with Gasteiger partial charge >= 0.3 is 5.97 Å². The van der Waals surface area contributed by atoms with Crippen molar-refractivity contribution < 1.29 is 31.2 Å². The Morgan fingerprint density at radius 3 is 2.38 bits per heavy atom. The molecule has 1 atom stereocenters. The molecule has 32 heavy (non-hydrogen) atoms. The van der Waals surface area contributed by atoms with Gasteiger partial charge in [0.15, 0.2) is 0 Å². The summed E-state index contributed by atoms with van der Waals surface area (Å²) in [6.45, 7) is 0. The van der Waals surface area contributed by atoms with E-state index in [0.717, 1.165) is 0 Å². The molecule has 7 nitrogen and oxygen atoms in total. The molecule has 1 aromatic heterocycles. The number of aliphatic imine (C=N–C) groups is 1. The Morgan fingerprint density at radius 1 is 1.03 bits per heavy atom. The Bertz CT molecular complexity index is 1130. The maximum absolute atomic E-state index is 12.6. The van der Waals surface area contributed by atoms with Gasteiger partial charge in [0.2, 0.25) is 0 Å². The van der Waals surface area contributed by atoms with E-state index in [1.54, 1.807) is 54.6 Å². The number of aromatic nitrogens is 1. The number of pyridine rings is 1. The molecule has 1 unspecified atom stereocenters. The fourth-order valence-electron chi connectivity index (χ4n) is 2.92. The minimum Gasteiger partial charge on any atom is -0.621 e. The minimum absolute atomic E-state index is 0. The van der Waals surface area contributed by atoms with Crippen molar-refractivity contribution in [3.63, 3.8) is 0 Å². The van der Waals surface area contributed by atoms with Crippen molar-refractivity contribution in [1.29, 1.82) is 5.26 Å². The molecule has 0 bridgehead atoms. The van der Waals surface area contributed by atoms with Gasteiger partial charge in [-0.3, -0.25) is 9.98 Å². The monoisotopic (exact) mass is 469 g/mol. The molecule has 0 radical (unpaired) electrons. The van der Waals surface area contributed by atoms with E-state index in [0.29, 0.717) is 22.5 Å². The average molecular weight is 470 g/mol. The van der Waals surface area contributed by atoms with Crippen molar-refractivity contribution >= 4 is 23.3 Å². The summed E-state index contributed by atoms with van der Waals surface area (Å²) in [5.74, 6) is -1.64. The second-order valence-electron chi connectivity index (χ2n) is 6.54. The van der Waals surface area contributed by atoms with E-state index < -0.39 is 17.9 Å². The van der Waals surface area contributed by atoms with Crippen LogP contribution in [0.2, 0.25) is 0 Å². The summed E-state index contributed by atoms with van der Waals surface area (Å²) in [6, 6.07) is 21.8. The number of carboxylic acids is 1. The van der Waals surface area contributed by atoms with Crippen LogP contribution in [0.3, 0.4) is 0 Å². The molecule has 0 spiro atoms. The Labute approximate surface area is 195 Å². The van der Waals surface area contributed by atoms with Crippen LogP contribution in [-0.2, 0) is 21.3 Å². The zero-order chi connectivity index (χ0) is 22.1. The minimum atomic E-state index is -1.12. The van der Waals surface area contributed by atoms with E-state index in [4.69, 9.17) is 5.26 Å². The zero-order valence-corrected chi connectivity index (χ0v) is 17.9. The third-order valence-corrected chi connectivity index (χ3v) is 4.41. The van der Waals surface area contributed by atoms with Gasteiger partial charge in [0.05, 0.1) is 17.5 Å². The van der Waals surface area contributed by atoms with E-state index in [1.807, 2.05) is 24.3 Å². The molecule has 8 heteroatoms. The number of carboxylic acid groups (broad SMARTS) is 1. The normalized spacial score (nSPS) is 11.5. The summed E-state index contributed by atoms with van der Waals surface area (Å²) in [4.78, 5) is 32.9. The smallest absolute Gasteiger partial charge is 0.328 e. The van der Waals surface area contributed by atoms with Crippen LogP contribution in [0.1, 0.15) is 34.5 Å². The predicted octanol–water partition coefficient (Wildman–Crippen LogP) is 4.52. The third-order valence-electron chi connectivity index (χ3n) is 4.41. The van der Waals surface area contributed by atoms with Crippen molar-refractivity contribution in [2.24, 2.45) is 4.99 Å². The molecule has 0 aliphatic rings. The number of carbonyl (C=O) groups excluding carboxylic acids is 1. The van der Waals surface area contributed by atoms with Gasteiger partial charge in [-0.1, -0.05) is 60.7 Å². The third kappa shape index (κ3) is 6.34. The van der Waals surface area contributed by atoms with Crippen LogP contribution in [0.25, 0.3) is 5.32 Å². The van der Waals surface area contributed by atoms with Crippen molar-refractivity contribution in [2.75, 3.05) is 0 Å². The van der Waals surface area contributed by atoms with Crippen molar-refractivity contribution in [1.82, 2.24) is 4.98 Å². The fraction of sp³-hybridized carbons (Fsp3) is 0.125. The Balaban J connectivity index is 0.00000363. The van der Waals surface area contributed by atoms with E-state index >= 15 is 0 Å². The number of benzene rings is 2. The van der Waals surface area contributed by atoms with Crippen molar-refractivity contribution in [3.05, 3.63) is 101 Å². The summed E-state index contributed by atoms with van der Waals surface area (Å²) in [5, 5.41) is 22.7. The quantitative estimate of drug-likeness (QED) is 0.384. The first-order valence-corrected chi connectivity index (χ1v) is 9.59. The van der Waals surface area contributed by atoms with Gasteiger partial charge in [-0.2, -0.15) is 5.26 Å². The molecule has 0 saturated heterocycles. The van der Waals surface area contributed by atoms with E-state index in [9.17, 15) is 14.7 Å². The molecular formula is C24H19N4NiO3-. The zero-order valence-electron chi connectivity index (χ0n) is 16.9. The maximum Gasteiger partial charge on any atom is 0.328 e. The molecule has 0 fully saturated rings. The second kappa shape index (κ2) is 12.1. The summed E-state index contributed by atoms with van der Waals surface area (Å²) in [5.41, 5.74) is 2.14. The molecule has 3 aromatic rings. The van der Waals surface area contributed by atoms with Crippen LogP contribution in [0.5, 0.6) is 0 Å². The van der Waals surface area contributed by atoms with Crippen LogP contribution in [-0.4, -0.2) is 33.7 Å². The molecule has 2 aromatic carbocycles. The number of hydrogen-bond donors (Lipinski definition) is 1. The molecule has 164 valence electrons. The first-order valence-electron chi connectivity index (χ1n) is 9.59. The maximum atomic E-state index is 12.6. The topological polar surface area (TPSA) is 118 Å². The fourth-order valence-corrected chi connectivity index (χ4v) is 2.92. The molecule has 3 rings (SSSR count). The van der Waals surface area contributed by atoms with Crippen molar-refractivity contribution in [3.8, 4) is 6.07 Å². The van der Waals surface area contributed by atoms with Gasteiger partial charge in [-0.15, -0.1) is 5.69 Å². The molecule has 1 heterocycles. The van der Waals surface area contributed by atoms with Gasteiger partial charge in [-0.05, 0) is 24.1 Å². The Hall–Kier alpha value is -3.82. The van der Waals surface area contributed by atoms with E-state index in [-0.39, 0.29) is 35.0 Å². The van der Waals surface area contributed by atoms with Crippen LogP contribution in [0.15, 0.2) is 84.0 Å². The van der Waals surface area contributed by atoms with Gasteiger partial charge in [0, 0.05) is 34.7 Å². The van der Waals surface area contributed by atoms with Crippen LogP contribution >= 0.6 is 0 Å². The Kier molecular flexibility index (Phi) is 9.28. The molecule has 0 aliphatic carbocycles. The van der Waals surface area contributed by atoms with Gasteiger partial charge in [0.1, 0.15) is 11.9 Å². The molecule has 1 amide bonds. The Morgan fingerprint density at radius 2 is 1.72 bits per heavy atom. The number of nitriles is 1. The van der Waals surface area contributed by atoms with Gasteiger partial charge in [-0.25, -0.2) is 4.79 Å². The SMILES string of the molecule is N#CCCC(N=C(c1ccccc1)c1ccccc1[N-]C(=O)c1ccccn1)C(=O)O.[Ni]. The average Bonchev–Trinajstić information content (AvgIpc) is 2.81. The van der Waals surface area contributed by atoms with Gasteiger partial charge in [0.25, 0.3) is 0 Å². The largest absolute Gasteiger partial charge is 0.621 e. The number of para-hydroxylation sites is 1. The molecule has 1 N–H and O–H groups in total. The molecule has 0 saturated carbocycles. The number of aliphatic carboxylic acids is 1. The van der Waals surface area contributed by atoms with E-state index in [2.05, 4.69) is 15.3 Å². The van der Waals surface area contributed by atoms with Crippen LogP contribution in [0.4, 0.5) is 5.69 Å². The number of rotatable bonds is 8. The molecule has 0 aliphatic heterocycles. The second-order valence-corrected chi connectivity index (χ2v) is 6.54. The first kappa shape index (κ1) is 24.5. The molecular weight excluding hydrogens is 451 g/mol. The summed E-state index contributed by atoms with van der Waals surface area (Å²) < 4.78 is 0. The summed E-state index contributed by atoms with van der Waals surface area (Å²) in [7, 11) is 0. The van der Waals surface area contributed by atoms with Crippen LogP contribution < -0.4 is 0 Å². The standard InChI is InChI=1S/C24H20N4O3.Ni/c25-15-8-14-21(24(30)31)27-22(17-9-2-1-3-10-17)18-11-4-5-12-19(18)28-23(29)20-13-6-7-16-26-20;/h1-7,9-13,16,21H,8,14H2,(H2,27,28,29,30,31);/p-1. The number of hydrogen-bond acceptors (Lipinski definition) is 5. The number of nitrogens with zero attached hydrogens (tertiary/aromatic N) is 4. The first-order chi connectivity index (χ1) is 15.1. The van der Waals surface area contributed by atoms with Crippen LogP contribution in [0, 0.1) is 11.3 Å². The predicted molar refractivity (Wildman–Crippen MR) is 116 cm³/mol.